The zero-order chi connectivity index (χ0) is 17.9. The van der Waals surface area contributed by atoms with Gasteiger partial charge in [-0.2, -0.15) is 16.4 Å². The number of aromatic nitrogens is 1. The highest BCUT2D eigenvalue weighted by Crippen LogP contribution is 2.33. The summed E-state index contributed by atoms with van der Waals surface area (Å²) in [4.78, 5) is 15.9. The summed E-state index contributed by atoms with van der Waals surface area (Å²) in [5.74, 6) is -0.268. The van der Waals surface area contributed by atoms with Gasteiger partial charge in [0.1, 0.15) is 5.69 Å². The number of hydrogen-bond donors (Lipinski definition) is 2. The van der Waals surface area contributed by atoms with Crippen LogP contribution in [0.4, 0.5) is 0 Å². The van der Waals surface area contributed by atoms with Gasteiger partial charge in [-0.15, -0.1) is 0 Å². The van der Waals surface area contributed by atoms with Gasteiger partial charge in [0.25, 0.3) is 5.91 Å². The van der Waals surface area contributed by atoms with Crippen molar-refractivity contribution in [3.63, 3.8) is 0 Å². The number of nitrogens with zero attached hydrogens (tertiary/aromatic N) is 1. The minimum Gasteiger partial charge on any atom is -0.350 e. The number of H-pyrrole nitrogens is 1. The molecule has 0 radical (unpaired) electrons. The molecule has 26 heavy (non-hydrogen) atoms. The molecule has 6 heteroatoms. The van der Waals surface area contributed by atoms with Gasteiger partial charge in [-0.05, 0) is 46.2 Å². The van der Waals surface area contributed by atoms with Crippen molar-refractivity contribution in [3.8, 4) is 11.1 Å². The second-order valence-corrected chi connectivity index (χ2v) is 7.38. The van der Waals surface area contributed by atoms with Crippen LogP contribution in [0.25, 0.3) is 22.0 Å². The summed E-state index contributed by atoms with van der Waals surface area (Å²) >= 11 is 5.00. The molecule has 0 unspecified atom stereocenters. The summed E-state index contributed by atoms with van der Waals surface area (Å²) in [5, 5.41) is 9.15. The normalized spacial score (nSPS) is 11.3. The summed E-state index contributed by atoms with van der Waals surface area (Å²) in [6.45, 7) is 0. The molecule has 0 spiro atoms. The number of halogens is 1. The molecule has 0 saturated carbocycles. The van der Waals surface area contributed by atoms with E-state index in [1.54, 1.807) is 17.6 Å². The highest BCUT2D eigenvalue weighted by Gasteiger charge is 2.18. The van der Waals surface area contributed by atoms with E-state index in [9.17, 15) is 4.79 Å². The molecule has 2 N–H and O–H groups in total. The molecular formula is C20H14BrN3OS. The van der Waals surface area contributed by atoms with Crippen LogP contribution in [-0.2, 0) is 0 Å². The predicted octanol–water partition coefficient (Wildman–Crippen LogP) is 5.42. The van der Waals surface area contributed by atoms with Crippen LogP contribution in [0.3, 0.4) is 0 Å². The Labute approximate surface area is 162 Å². The van der Waals surface area contributed by atoms with Gasteiger partial charge in [-0.1, -0.05) is 46.3 Å². The standard InChI is InChI=1S/C20H14BrN3OS/c21-15-7-5-13(6-8-15)11-22-24-20(25)19-18(14-9-10-26-12-14)16-3-1-2-4-17(16)23-19/h1-12,23H,(H,24,25)/b22-11-. The maximum Gasteiger partial charge on any atom is 0.288 e. The number of hydrogen-bond acceptors (Lipinski definition) is 3. The van der Waals surface area contributed by atoms with Gasteiger partial charge in [0, 0.05) is 20.9 Å². The van der Waals surface area contributed by atoms with Gasteiger partial charge in [0.05, 0.1) is 6.21 Å². The first kappa shape index (κ1) is 16.8. The van der Waals surface area contributed by atoms with E-state index in [-0.39, 0.29) is 5.91 Å². The third-order valence-corrected chi connectivity index (χ3v) is 5.20. The van der Waals surface area contributed by atoms with Gasteiger partial charge >= 0.3 is 0 Å². The van der Waals surface area contributed by atoms with Crippen LogP contribution < -0.4 is 5.43 Å². The zero-order valence-corrected chi connectivity index (χ0v) is 16.0. The van der Waals surface area contributed by atoms with E-state index in [4.69, 9.17) is 0 Å². The average molecular weight is 424 g/mol. The zero-order valence-electron chi connectivity index (χ0n) is 13.6. The molecule has 4 rings (SSSR count). The average Bonchev–Trinajstić information content (AvgIpc) is 3.30. The number of fused-ring (bicyclic) bond motifs is 1. The first-order chi connectivity index (χ1) is 12.7. The third kappa shape index (κ3) is 3.34. The monoisotopic (exact) mass is 423 g/mol. The summed E-state index contributed by atoms with van der Waals surface area (Å²) in [6, 6.07) is 17.6. The molecule has 2 aromatic heterocycles. The molecule has 1 amide bonds. The molecule has 0 saturated heterocycles. The molecule has 4 aromatic rings. The number of para-hydroxylation sites is 1. The number of carbonyl (C=O) groups is 1. The molecule has 2 aromatic carbocycles. The fraction of sp³-hybridized carbons (Fsp3) is 0. The lowest BCUT2D eigenvalue weighted by atomic mass is 10.0. The summed E-state index contributed by atoms with van der Waals surface area (Å²) in [5.41, 5.74) is 6.88. The van der Waals surface area contributed by atoms with Crippen LogP contribution in [0, 0.1) is 0 Å². The number of hydrazone groups is 1. The fourth-order valence-corrected chi connectivity index (χ4v) is 3.70. The molecule has 0 aliphatic carbocycles. The van der Waals surface area contributed by atoms with Crippen molar-refractivity contribution in [1.82, 2.24) is 10.4 Å². The number of thiophene rings is 1. The molecule has 128 valence electrons. The summed E-state index contributed by atoms with van der Waals surface area (Å²) in [6.07, 6.45) is 1.62. The number of carbonyl (C=O) groups excluding carboxylic acids is 1. The molecular weight excluding hydrogens is 410 g/mol. The lowest BCUT2D eigenvalue weighted by Gasteiger charge is -2.02. The van der Waals surface area contributed by atoms with Crippen LogP contribution in [0.15, 0.2) is 74.9 Å². The Bertz CT molecular complexity index is 1080. The number of amides is 1. The van der Waals surface area contributed by atoms with Crippen LogP contribution in [-0.4, -0.2) is 17.1 Å². The summed E-state index contributed by atoms with van der Waals surface area (Å²) in [7, 11) is 0. The van der Waals surface area contributed by atoms with E-state index < -0.39 is 0 Å². The van der Waals surface area contributed by atoms with Gasteiger partial charge in [-0.25, -0.2) is 5.43 Å². The van der Waals surface area contributed by atoms with Crippen molar-refractivity contribution in [2.75, 3.05) is 0 Å². The topological polar surface area (TPSA) is 57.2 Å². The van der Waals surface area contributed by atoms with Crippen molar-refractivity contribution < 1.29 is 4.79 Å². The lowest BCUT2D eigenvalue weighted by molar-refractivity contribution is 0.0951. The van der Waals surface area contributed by atoms with Gasteiger partial charge in [0.15, 0.2) is 0 Å². The number of rotatable bonds is 4. The van der Waals surface area contributed by atoms with E-state index in [0.717, 1.165) is 32.1 Å². The maximum atomic E-state index is 12.7. The number of nitrogens with one attached hydrogen (secondary N) is 2. The molecule has 0 atom stereocenters. The Morgan fingerprint density at radius 3 is 2.69 bits per heavy atom. The Morgan fingerprint density at radius 1 is 1.12 bits per heavy atom. The van der Waals surface area contributed by atoms with E-state index in [2.05, 4.69) is 31.4 Å². The van der Waals surface area contributed by atoms with Crippen LogP contribution in [0.5, 0.6) is 0 Å². The van der Waals surface area contributed by atoms with E-state index in [1.807, 2.05) is 65.4 Å². The number of aromatic amines is 1. The van der Waals surface area contributed by atoms with Crippen LogP contribution in [0.2, 0.25) is 0 Å². The number of benzene rings is 2. The largest absolute Gasteiger partial charge is 0.350 e. The molecule has 0 fully saturated rings. The third-order valence-electron chi connectivity index (χ3n) is 3.99. The molecule has 0 bridgehead atoms. The van der Waals surface area contributed by atoms with Crippen LogP contribution >= 0.6 is 27.3 Å². The summed E-state index contributed by atoms with van der Waals surface area (Å²) < 4.78 is 0.997. The molecule has 0 aliphatic rings. The highest BCUT2D eigenvalue weighted by atomic mass is 79.9. The Kier molecular flexibility index (Phi) is 4.69. The predicted molar refractivity (Wildman–Crippen MR) is 111 cm³/mol. The SMILES string of the molecule is O=C(N/N=C\c1ccc(Br)cc1)c1[nH]c2ccccc2c1-c1ccsc1. The second-order valence-electron chi connectivity index (χ2n) is 5.68. The van der Waals surface area contributed by atoms with Crippen molar-refractivity contribution in [2.45, 2.75) is 0 Å². The van der Waals surface area contributed by atoms with E-state index >= 15 is 0 Å². The fourth-order valence-electron chi connectivity index (χ4n) is 2.79. The van der Waals surface area contributed by atoms with Crippen molar-refractivity contribution in [2.24, 2.45) is 5.10 Å². The Hall–Kier alpha value is -2.70. The van der Waals surface area contributed by atoms with Crippen molar-refractivity contribution in [1.29, 1.82) is 0 Å². The van der Waals surface area contributed by atoms with Crippen molar-refractivity contribution in [3.05, 3.63) is 81.1 Å². The van der Waals surface area contributed by atoms with E-state index in [0.29, 0.717) is 5.69 Å². The Balaban J connectivity index is 1.64. The van der Waals surface area contributed by atoms with Gasteiger partial charge in [-0.3, -0.25) is 4.79 Å². The smallest absolute Gasteiger partial charge is 0.288 e. The molecule has 0 aliphatic heterocycles. The minimum atomic E-state index is -0.268. The van der Waals surface area contributed by atoms with Gasteiger partial charge in [0.2, 0.25) is 0 Å². The molecule has 4 nitrogen and oxygen atoms in total. The quantitative estimate of drug-likeness (QED) is 0.334. The van der Waals surface area contributed by atoms with E-state index in [1.165, 1.54) is 0 Å². The van der Waals surface area contributed by atoms with Gasteiger partial charge < -0.3 is 4.98 Å². The first-order valence-corrected chi connectivity index (χ1v) is 9.68. The van der Waals surface area contributed by atoms with Crippen molar-refractivity contribution >= 4 is 50.3 Å². The molecule has 2 heterocycles. The second kappa shape index (κ2) is 7.27. The highest BCUT2D eigenvalue weighted by molar-refractivity contribution is 9.10. The Morgan fingerprint density at radius 2 is 1.92 bits per heavy atom. The minimum absolute atomic E-state index is 0.268. The lowest BCUT2D eigenvalue weighted by Crippen LogP contribution is -2.18. The first-order valence-electron chi connectivity index (χ1n) is 7.94. The maximum absolute atomic E-state index is 12.7. The van der Waals surface area contributed by atoms with Crippen LogP contribution in [0.1, 0.15) is 16.1 Å².